The molecule has 3 N–H and O–H groups in total. The number of fused-ring (bicyclic) bond motifs is 1. The summed E-state index contributed by atoms with van der Waals surface area (Å²) < 4.78 is 0. The molecule has 0 bridgehead atoms. The number of hydrogen-bond donors (Lipinski definition) is 3. The van der Waals surface area contributed by atoms with Crippen molar-refractivity contribution in [3.63, 3.8) is 0 Å². The largest absolute Gasteiger partial charge is 0.358 e. The topological polar surface area (TPSA) is 56.9 Å². The molecule has 2 aromatic rings. The van der Waals surface area contributed by atoms with Gasteiger partial charge in [-0.15, -0.1) is 24.8 Å². The molecule has 25 heavy (non-hydrogen) atoms. The molecular formula is C19H29Cl2N3O. The van der Waals surface area contributed by atoms with E-state index in [9.17, 15) is 4.79 Å². The Labute approximate surface area is 162 Å². The van der Waals surface area contributed by atoms with Crippen LogP contribution in [0.4, 0.5) is 0 Å². The van der Waals surface area contributed by atoms with Gasteiger partial charge in [0.2, 0.25) is 0 Å². The molecule has 1 unspecified atom stereocenters. The molecule has 4 nitrogen and oxygen atoms in total. The Balaban J connectivity index is 0.00000156. The van der Waals surface area contributed by atoms with Crippen LogP contribution in [-0.4, -0.2) is 30.2 Å². The minimum atomic E-state index is 0. The van der Waals surface area contributed by atoms with Gasteiger partial charge >= 0.3 is 0 Å². The number of H-pyrrole nitrogens is 1. The van der Waals surface area contributed by atoms with Gasteiger partial charge in [-0.05, 0) is 64.8 Å². The predicted molar refractivity (Wildman–Crippen MR) is 111 cm³/mol. The summed E-state index contributed by atoms with van der Waals surface area (Å²) in [6.45, 7) is 6.45. The van der Waals surface area contributed by atoms with Crippen LogP contribution in [0.5, 0.6) is 0 Å². The third kappa shape index (κ3) is 5.45. The predicted octanol–water partition coefficient (Wildman–Crippen LogP) is 3.34. The van der Waals surface area contributed by atoms with Crippen LogP contribution in [0.25, 0.3) is 10.9 Å². The highest BCUT2D eigenvalue weighted by atomic mass is 35.5. The number of aromatic nitrogens is 1. The van der Waals surface area contributed by atoms with E-state index >= 15 is 0 Å². The van der Waals surface area contributed by atoms with Gasteiger partial charge < -0.3 is 15.6 Å². The molecule has 6 heteroatoms. The Bertz CT molecular complexity index is 726. The van der Waals surface area contributed by atoms with Crippen LogP contribution < -0.4 is 16.1 Å². The zero-order valence-electron chi connectivity index (χ0n) is 14.9. The van der Waals surface area contributed by atoms with E-state index < -0.39 is 0 Å². The third-order valence-electron chi connectivity index (χ3n) is 4.91. The number of pyridine rings is 1. The lowest BCUT2D eigenvalue weighted by molar-refractivity contribution is 0.348. The highest BCUT2D eigenvalue weighted by molar-refractivity contribution is 5.85. The molecule has 140 valence electrons. The Hall–Kier alpha value is -1.07. The Morgan fingerprint density at radius 3 is 2.60 bits per heavy atom. The number of halogens is 2. The summed E-state index contributed by atoms with van der Waals surface area (Å²) in [7, 11) is 0. The van der Waals surface area contributed by atoms with Crippen molar-refractivity contribution in [2.24, 2.45) is 0 Å². The number of aryl methyl sites for hydroxylation is 1. The van der Waals surface area contributed by atoms with Crippen molar-refractivity contribution in [1.82, 2.24) is 15.6 Å². The van der Waals surface area contributed by atoms with Crippen molar-refractivity contribution in [1.29, 1.82) is 0 Å². The average molecular weight is 386 g/mol. The minimum absolute atomic E-state index is 0. The molecule has 1 saturated heterocycles. The quantitative estimate of drug-likeness (QED) is 0.739. The molecule has 3 rings (SSSR count). The first-order chi connectivity index (χ1) is 11.1. The van der Waals surface area contributed by atoms with E-state index in [2.05, 4.69) is 22.5 Å². The summed E-state index contributed by atoms with van der Waals surface area (Å²) in [4.78, 5) is 16.1. The third-order valence-corrected chi connectivity index (χ3v) is 4.91. The maximum Gasteiger partial charge on any atom is 0.192 e. The van der Waals surface area contributed by atoms with Gasteiger partial charge in [-0.1, -0.05) is 12.1 Å². The van der Waals surface area contributed by atoms with E-state index in [4.69, 9.17) is 0 Å². The lowest BCUT2D eigenvalue weighted by atomic mass is 10.00. The molecule has 1 aromatic heterocycles. The number of nitrogens with one attached hydrogen (secondary N) is 3. The first-order valence-electron chi connectivity index (χ1n) is 8.72. The fourth-order valence-electron chi connectivity index (χ4n) is 3.54. The average Bonchev–Trinajstić information content (AvgIpc) is 2.55. The van der Waals surface area contributed by atoms with Gasteiger partial charge in [0.25, 0.3) is 0 Å². The zero-order valence-corrected chi connectivity index (χ0v) is 16.6. The van der Waals surface area contributed by atoms with Crippen LogP contribution in [0, 0.1) is 6.92 Å². The molecule has 1 aliphatic heterocycles. The second-order valence-corrected chi connectivity index (χ2v) is 6.73. The van der Waals surface area contributed by atoms with Crippen LogP contribution >= 0.6 is 24.8 Å². The normalized spacial score (nSPS) is 16.1. The van der Waals surface area contributed by atoms with Gasteiger partial charge in [-0.25, -0.2) is 0 Å². The molecule has 1 aromatic carbocycles. The first kappa shape index (κ1) is 22.0. The van der Waals surface area contributed by atoms with E-state index in [1.165, 1.54) is 12.8 Å². The Morgan fingerprint density at radius 1 is 1.20 bits per heavy atom. The maximum atomic E-state index is 12.7. The summed E-state index contributed by atoms with van der Waals surface area (Å²) in [6.07, 6.45) is 4.21. The standard InChI is InChI=1S/C19H27N3O.2ClH/c1-13(21-15-9-11-20-12-10-15)7-8-16-14(2)22-18-6-4-3-5-17(18)19(16)23;;/h3-6,13,15,20-21H,7-12H2,1-2H3,(H,22,23);2*1H. The van der Waals surface area contributed by atoms with Gasteiger partial charge in [-0.2, -0.15) is 0 Å². The molecule has 1 aliphatic rings. The van der Waals surface area contributed by atoms with Gasteiger partial charge in [0.15, 0.2) is 5.43 Å². The van der Waals surface area contributed by atoms with Crippen LogP contribution in [0.15, 0.2) is 29.1 Å². The van der Waals surface area contributed by atoms with Gasteiger partial charge in [-0.3, -0.25) is 4.79 Å². The van der Waals surface area contributed by atoms with Crippen molar-refractivity contribution < 1.29 is 0 Å². The fraction of sp³-hybridized carbons (Fsp3) is 0.526. The van der Waals surface area contributed by atoms with Crippen LogP contribution in [0.1, 0.15) is 37.4 Å². The summed E-state index contributed by atoms with van der Waals surface area (Å²) in [5.74, 6) is 0. The Morgan fingerprint density at radius 2 is 1.88 bits per heavy atom. The summed E-state index contributed by atoms with van der Waals surface area (Å²) >= 11 is 0. The van der Waals surface area contributed by atoms with E-state index in [1.54, 1.807) is 0 Å². The van der Waals surface area contributed by atoms with Crippen molar-refractivity contribution in [2.45, 2.75) is 51.6 Å². The van der Waals surface area contributed by atoms with Crippen molar-refractivity contribution in [2.75, 3.05) is 13.1 Å². The molecule has 1 fully saturated rings. The number of para-hydroxylation sites is 1. The van der Waals surface area contributed by atoms with Gasteiger partial charge in [0.05, 0.1) is 0 Å². The van der Waals surface area contributed by atoms with Crippen LogP contribution in [0.2, 0.25) is 0 Å². The number of aromatic amines is 1. The molecule has 0 saturated carbocycles. The zero-order chi connectivity index (χ0) is 16.2. The van der Waals surface area contributed by atoms with Crippen molar-refractivity contribution in [3.05, 3.63) is 45.7 Å². The summed E-state index contributed by atoms with van der Waals surface area (Å²) in [5.41, 5.74) is 3.05. The molecule has 0 spiro atoms. The monoisotopic (exact) mass is 385 g/mol. The smallest absolute Gasteiger partial charge is 0.192 e. The number of benzene rings is 1. The van der Waals surface area contributed by atoms with Gasteiger partial charge in [0, 0.05) is 34.2 Å². The number of piperidine rings is 1. The van der Waals surface area contributed by atoms with E-state index in [1.807, 2.05) is 31.2 Å². The van der Waals surface area contributed by atoms with E-state index in [0.29, 0.717) is 12.1 Å². The van der Waals surface area contributed by atoms with Crippen LogP contribution in [-0.2, 0) is 6.42 Å². The fourth-order valence-corrected chi connectivity index (χ4v) is 3.54. The Kier molecular flexibility index (Phi) is 8.94. The van der Waals surface area contributed by atoms with Crippen LogP contribution in [0.3, 0.4) is 0 Å². The molecule has 2 heterocycles. The first-order valence-corrected chi connectivity index (χ1v) is 8.72. The molecule has 1 atom stereocenters. The van der Waals surface area contributed by atoms with E-state index in [0.717, 1.165) is 48.1 Å². The highest BCUT2D eigenvalue weighted by Gasteiger charge is 2.16. The molecule has 0 aliphatic carbocycles. The van der Waals surface area contributed by atoms with Crippen molar-refractivity contribution >= 4 is 35.7 Å². The summed E-state index contributed by atoms with van der Waals surface area (Å²) in [5, 5.41) is 7.90. The lowest BCUT2D eigenvalue weighted by Gasteiger charge is -2.27. The number of rotatable bonds is 5. The summed E-state index contributed by atoms with van der Waals surface area (Å²) in [6, 6.07) is 8.81. The minimum Gasteiger partial charge on any atom is -0.358 e. The lowest BCUT2D eigenvalue weighted by Crippen LogP contribution is -2.43. The van der Waals surface area contributed by atoms with E-state index in [-0.39, 0.29) is 30.2 Å². The van der Waals surface area contributed by atoms with Gasteiger partial charge in [0.1, 0.15) is 0 Å². The molecule has 0 amide bonds. The van der Waals surface area contributed by atoms with Crippen molar-refractivity contribution in [3.8, 4) is 0 Å². The molecule has 0 radical (unpaired) electrons. The number of hydrogen-bond acceptors (Lipinski definition) is 3. The highest BCUT2D eigenvalue weighted by Crippen LogP contribution is 2.13. The SMILES string of the molecule is Cc1[nH]c2ccccc2c(=O)c1CCC(C)NC1CCNCC1.Cl.Cl. The maximum absolute atomic E-state index is 12.7. The second kappa shape index (κ2) is 10.2. The second-order valence-electron chi connectivity index (χ2n) is 6.73. The molecular weight excluding hydrogens is 357 g/mol.